The van der Waals surface area contributed by atoms with Gasteiger partial charge in [-0.1, -0.05) is 66.7 Å². The molecule has 0 fully saturated rings. The Morgan fingerprint density at radius 1 is 0.765 bits per heavy atom. The summed E-state index contributed by atoms with van der Waals surface area (Å²) in [5, 5.41) is 4.16. The Hall–Kier alpha value is -4.44. The fourth-order valence-corrected chi connectivity index (χ4v) is 3.92. The fraction of sp³-hybridized carbons (Fsp3) is 0.0667. The molecule has 0 bridgehead atoms. The summed E-state index contributed by atoms with van der Waals surface area (Å²) in [5.41, 5.74) is 2.23. The summed E-state index contributed by atoms with van der Waals surface area (Å²) >= 11 is 0. The van der Waals surface area contributed by atoms with Crippen molar-refractivity contribution in [3.8, 4) is 11.5 Å². The molecular weight excluding hydrogens is 422 g/mol. The van der Waals surface area contributed by atoms with E-state index in [0.717, 1.165) is 27.4 Å². The molecule has 0 radical (unpaired) electrons. The van der Waals surface area contributed by atoms with Gasteiger partial charge in [0, 0.05) is 6.21 Å². The Labute approximate surface area is 198 Å². The highest BCUT2D eigenvalue weighted by atomic mass is 16.6. The third-order valence-electron chi connectivity index (χ3n) is 5.58. The molecule has 5 aromatic rings. The second kappa shape index (κ2) is 9.59. The summed E-state index contributed by atoms with van der Waals surface area (Å²) in [7, 11) is 0. The quantitative estimate of drug-likeness (QED) is 0.156. The number of carbonyl (C=O) groups is 1. The van der Waals surface area contributed by atoms with Crippen molar-refractivity contribution in [1.82, 2.24) is 0 Å². The lowest BCUT2D eigenvalue weighted by Gasteiger charge is -2.12. The lowest BCUT2D eigenvalue weighted by Crippen LogP contribution is -2.10. The zero-order valence-corrected chi connectivity index (χ0v) is 18.8. The van der Waals surface area contributed by atoms with Gasteiger partial charge in [-0.2, -0.15) is 0 Å². The van der Waals surface area contributed by atoms with Crippen LogP contribution in [-0.2, 0) is 0 Å². The van der Waals surface area contributed by atoms with E-state index in [1.54, 1.807) is 18.3 Å². The van der Waals surface area contributed by atoms with Gasteiger partial charge < -0.3 is 9.47 Å². The van der Waals surface area contributed by atoms with Gasteiger partial charge >= 0.3 is 5.97 Å². The number of rotatable bonds is 6. The molecule has 4 nitrogen and oxygen atoms in total. The zero-order valence-electron chi connectivity index (χ0n) is 18.8. The molecule has 0 saturated carbocycles. The van der Waals surface area contributed by atoms with Gasteiger partial charge in [-0.3, -0.25) is 4.99 Å². The van der Waals surface area contributed by atoms with Crippen LogP contribution < -0.4 is 9.47 Å². The van der Waals surface area contributed by atoms with E-state index in [9.17, 15) is 4.79 Å². The summed E-state index contributed by atoms with van der Waals surface area (Å²) in [4.78, 5) is 17.6. The predicted molar refractivity (Wildman–Crippen MR) is 138 cm³/mol. The van der Waals surface area contributed by atoms with Crippen molar-refractivity contribution >= 4 is 39.4 Å². The van der Waals surface area contributed by atoms with E-state index in [0.29, 0.717) is 23.7 Å². The number of fused-ring (bicyclic) bond motifs is 2. The molecule has 0 aliphatic rings. The normalized spacial score (nSPS) is 11.2. The molecule has 0 aliphatic carbocycles. The standard InChI is InChI=1S/C30H23NO3/c1-2-33-29-18-21(20-31-25-16-15-22-8-3-4-10-24(22)19-25)14-17-28(29)34-30(32)27-13-7-11-23-9-5-6-12-26(23)27/h3-20H,2H2,1H3. The van der Waals surface area contributed by atoms with Crippen molar-refractivity contribution in [2.75, 3.05) is 6.61 Å². The minimum absolute atomic E-state index is 0.377. The molecule has 5 rings (SSSR count). The van der Waals surface area contributed by atoms with Gasteiger partial charge in [0.05, 0.1) is 17.9 Å². The van der Waals surface area contributed by atoms with Crippen LogP contribution >= 0.6 is 0 Å². The highest BCUT2D eigenvalue weighted by Gasteiger charge is 2.15. The number of hydrogen-bond donors (Lipinski definition) is 0. The van der Waals surface area contributed by atoms with Crippen molar-refractivity contribution in [3.05, 3.63) is 114 Å². The van der Waals surface area contributed by atoms with Gasteiger partial charge in [-0.15, -0.1) is 0 Å². The number of esters is 1. The molecule has 0 amide bonds. The van der Waals surface area contributed by atoms with Crippen LogP contribution in [0.3, 0.4) is 0 Å². The number of hydrogen-bond acceptors (Lipinski definition) is 4. The second-order valence-electron chi connectivity index (χ2n) is 7.85. The largest absolute Gasteiger partial charge is 0.490 e. The summed E-state index contributed by atoms with van der Waals surface area (Å²) in [6.45, 7) is 2.34. The van der Waals surface area contributed by atoms with Crippen LogP contribution in [0.25, 0.3) is 21.5 Å². The van der Waals surface area contributed by atoms with Gasteiger partial charge in [-0.25, -0.2) is 4.79 Å². The SMILES string of the molecule is CCOc1cc(C=Nc2ccc3ccccc3c2)ccc1OC(=O)c1cccc2ccccc12. The van der Waals surface area contributed by atoms with Crippen LogP contribution in [0.15, 0.2) is 108 Å². The molecule has 0 spiro atoms. The van der Waals surface area contributed by atoms with E-state index in [4.69, 9.17) is 9.47 Å². The smallest absolute Gasteiger partial charge is 0.344 e. The lowest BCUT2D eigenvalue weighted by molar-refractivity contribution is 0.0730. The Bertz CT molecular complexity index is 1520. The highest BCUT2D eigenvalue weighted by Crippen LogP contribution is 2.30. The maximum Gasteiger partial charge on any atom is 0.344 e. The topological polar surface area (TPSA) is 47.9 Å². The number of nitrogens with zero attached hydrogens (tertiary/aromatic N) is 1. The van der Waals surface area contributed by atoms with Gasteiger partial charge in [0.15, 0.2) is 11.5 Å². The van der Waals surface area contributed by atoms with Crippen LogP contribution in [0, 0.1) is 0 Å². The Kier molecular flexibility index (Phi) is 6.04. The van der Waals surface area contributed by atoms with E-state index >= 15 is 0 Å². The van der Waals surface area contributed by atoms with Crippen molar-refractivity contribution in [2.24, 2.45) is 4.99 Å². The molecule has 0 unspecified atom stereocenters. The predicted octanol–water partition coefficient (Wildman–Crippen LogP) is 7.36. The summed E-state index contributed by atoms with van der Waals surface area (Å²) in [6.07, 6.45) is 1.78. The number of ether oxygens (including phenoxy) is 2. The lowest BCUT2D eigenvalue weighted by atomic mass is 10.0. The van der Waals surface area contributed by atoms with Crippen LogP contribution in [0.2, 0.25) is 0 Å². The minimum atomic E-state index is -0.421. The van der Waals surface area contributed by atoms with Crippen molar-refractivity contribution in [2.45, 2.75) is 6.92 Å². The van der Waals surface area contributed by atoms with Crippen LogP contribution in [0.1, 0.15) is 22.8 Å². The first kappa shape index (κ1) is 21.4. The molecule has 5 aromatic carbocycles. The van der Waals surface area contributed by atoms with E-state index in [1.807, 2.05) is 73.7 Å². The summed E-state index contributed by atoms with van der Waals surface area (Å²) in [5.74, 6) is 0.455. The average Bonchev–Trinajstić information content (AvgIpc) is 2.88. The van der Waals surface area contributed by atoms with Gasteiger partial charge in [0.2, 0.25) is 0 Å². The Morgan fingerprint density at radius 3 is 2.38 bits per heavy atom. The first-order valence-corrected chi connectivity index (χ1v) is 11.2. The maximum absolute atomic E-state index is 13.0. The molecule has 34 heavy (non-hydrogen) atoms. The monoisotopic (exact) mass is 445 g/mol. The molecule has 0 heterocycles. The molecule has 166 valence electrons. The molecular formula is C30H23NO3. The minimum Gasteiger partial charge on any atom is -0.490 e. The summed E-state index contributed by atoms with van der Waals surface area (Å²) in [6, 6.07) is 33.1. The van der Waals surface area contributed by atoms with Gasteiger partial charge in [-0.05, 0) is 70.4 Å². The first-order chi connectivity index (χ1) is 16.7. The van der Waals surface area contributed by atoms with E-state index in [2.05, 4.69) is 29.3 Å². The number of aliphatic imine (C=N–C) groups is 1. The maximum atomic E-state index is 13.0. The molecule has 4 heteroatoms. The second-order valence-corrected chi connectivity index (χ2v) is 7.85. The molecule has 0 N–H and O–H groups in total. The first-order valence-electron chi connectivity index (χ1n) is 11.2. The van der Waals surface area contributed by atoms with E-state index in [1.165, 1.54) is 5.39 Å². The van der Waals surface area contributed by atoms with Crippen LogP contribution in [0.4, 0.5) is 5.69 Å². The Morgan fingerprint density at radius 2 is 1.53 bits per heavy atom. The van der Waals surface area contributed by atoms with Crippen LogP contribution in [-0.4, -0.2) is 18.8 Å². The van der Waals surface area contributed by atoms with Crippen molar-refractivity contribution in [1.29, 1.82) is 0 Å². The number of benzene rings is 5. The summed E-state index contributed by atoms with van der Waals surface area (Å²) < 4.78 is 11.5. The Balaban J connectivity index is 1.40. The molecule has 0 aliphatic heterocycles. The van der Waals surface area contributed by atoms with E-state index in [-0.39, 0.29) is 0 Å². The molecule has 0 aromatic heterocycles. The van der Waals surface area contributed by atoms with Crippen molar-refractivity contribution in [3.63, 3.8) is 0 Å². The highest BCUT2D eigenvalue weighted by molar-refractivity contribution is 6.05. The zero-order chi connectivity index (χ0) is 23.3. The fourth-order valence-electron chi connectivity index (χ4n) is 3.92. The number of carbonyl (C=O) groups excluding carboxylic acids is 1. The van der Waals surface area contributed by atoms with Crippen LogP contribution in [0.5, 0.6) is 11.5 Å². The average molecular weight is 446 g/mol. The third-order valence-corrected chi connectivity index (χ3v) is 5.58. The van der Waals surface area contributed by atoms with Crippen molar-refractivity contribution < 1.29 is 14.3 Å². The third kappa shape index (κ3) is 4.52. The molecule has 0 atom stereocenters. The van der Waals surface area contributed by atoms with E-state index < -0.39 is 5.97 Å². The molecule has 0 saturated heterocycles. The van der Waals surface area contributed by atoms with Gasteiger partial charge in [0.25, 0.3) is 0 Å². The van der Waals surface area contributed by atoms with Gasteiger partial charge in [0.1, 0.15) is 0 Å².